The number of carboxylic acid groups (broad SMARTS) is 1. The van der Waals surface area contributed by atoms with E-state index < -0.39 is 11.8 Å². The Morgan fingerprint density at radius 1 is 1.29 bits per heavy atom. The van der Waals surface area contributed by atoms with Crippen molar-refractivity contribution in [1.29, 1.82) is 0 Å². The van der Waals surface area contributed by atoms with Gasteiger partial charge in [-0.25, -0.2) is 14.2 Å². The Labute approximate surface area is 123 Å². The number of carboxylic acids is 1. The molecule has 1 aromatic heterocycles. The predicted octanol–water partition coefficient (Wildman–Crippen LogP) is 3.96. The largest absolute Gasteiger partial charge is 0.478 e. The molecule has 3 aromatic rings. The van der Waals surface area contributed by atoms with Crippen molar-refractivity contribution in [2.24, 2.45) is 0 Å². The number of aromatic nitrogens is 1. The Bertz CT molecular complexity index is 783. The zero-order chi connectivity index (χ0) is 14.8. The first-order valence-electron chi connectivity index (χ1n) is 6.13. The molecule has 0 aliphatic carbocycles. The summed E-state index contributed by atoms with van der Waals surface area (Å²) in [4.78, 5) is 15.4. The van der Waals surface area contributed by atoms with Crippen molar-refractivity contribution in [1.82, 2.24) is 4.98 Å². The van der Waals surface area contributed by atoms with Crippen LogP contribution in [0.2, 0.25) is 0 Å². The minimum Gasteiger partial charge on any atom is -0.478 e. The minimum atomic E-state index is -1.15. The molecule has 0 bridgehead atoms. The van der Waals surface area contributed by atoms with Crippen molar-refractivity contribution in [2.45, 2.75) is 11.0 Å². The van der Waals surface area contributed by atoms with Crippen molar-refractivity contribution in [3.63, 3.8) is 0 Å². The fraction of sp³-hybridized carbons (Fsp3) is 0.0667. The van der Waals surface area contributed by atoms with Crippen molar-refractivity contribution in [2.75, 3.05) is 0 Å². The Kier molecular flexibility index (Phi) is 3.62. The molecule has 3 rings (SSSR count). The van der Waals surface area contributed by atoms with Crippen LogP contribution in [0.1, 0.15) is 15.9 Å². The van der Waals surface area contributed by atoms with Gasteiger partial charge in [-0.1, -0.05) is 30.0 Å². The lowest BCUT2D eigenvalue weighted by atomic mass is 10.1. The van der Waals surface area contributed by atoms with Gasteiger partial charge < -0.3 is 9.52 Å². The molecule has 0 radical (unpaired) electrons. The fourth-order valence-electron chi connectivity index (χ4n) is 1.93. The van der Waals surface area contributed by atoms with Crippen LogP contribution in [0.25, 0.3) is 11.1 Å². The number of fused-ring (bicyclic) bond motifs is 1. The quantitative estimate of drug-likeness (QED) is 0.739. The summed E-state index contributed by atoms with van der Waals surface area (Å²) in [6, 6.07) is 11.1. The second kappa shape index (κ2) is 5.57. The number of carbonyl (C=O) groups is 1. The van der Waals surface area contributed by atoms with E-state index in [1.165, 1.54) is 23.9 Å². The average molecular weight is 303 g/mol. The van der Waals surface area contributed by atoms with Gasteiger partial charge in [0.2, 0.25) is 0 Å². The lowest BCUT2D eigenvalue weighted by Gasteiger charge is -2.04. The van der Waals surface area contributed by atoms with E-state index in [9.17, 15) is 9.18 Å². The van der Waals surface area contributed by atoms with Crippen LogP contribution >= 0.6 is 11.8 Å². The fourth-order valence-corrected chi connectivity index (χ4v) is 2.77. The van der Waals surface area contributed by atoms with E-state index in [-0.39, 0.29) is 5.56 Å². The van der Waals surface area contributed by atoms with Crippen LogP contribution in [-0.2, 0) is 5.75 Å². The van der Waals surface area contributed by atoms with Gasteiger partial charge in [-0.2, -0.15) is 0 Å². The van der Waals surface area contributed by atoms with Crippen LogP contribution in [0, 0.1) is 5.82 Å². The molecule has 1 heterocycles. The number of halogens is 1. The maximum absolute atomic E-state index is 13.1. The highest BCUT2D eigenvalue weighted by molar-refractivity contribution is 7.98. The molecule has 0 fully saturated rings. The predicted molar refractivity (Wildman–Crippen MR) is 76.9 cm³/mol. The summed E-state index contributed by atoms with van der Waals surface area (Å²) in [5, 5.41) is 9.54. The van der Waals surface area contributed by atoms with Gasteiger partial charge in [0.25, 0.3) is 5.22 Å². The van der Waals surface area contributed by atoms with Gasteiger partial charge in [-0.15, -0.1) is 0 Å². The molecule has 6 heteroatoms. The maximum atomic E-state index is 13.1. The number of hydrogen-bond donors (Lipinski definition) is 1. The van der Waals surface area contributed by atoms with Crippen LogP contribution in [0.3, 0.4) is 0 Å². The highest BCUT2D eigenvalue weighted by Gasteiger charge is 2.13. The van der Waals surface area contributed by atoms with Crippen molar-refractivity contribution < 1.29 is 18.7 Å². The number of nitrogens with zero attached hydrogens (tertiary/aromatic N) is 1. The molecule has 0 amide bonds. The van der Waals surface area contributed by atoms with Gasteiger partial charge in [0.05, 0.1) is 5.56 Å². The Hall–Kier alpha value is -2.34. The summed E-state index contributed by atoms with van der Waals surface area (Å²) in [6.07, 6.45) is 0. The van der Waals surface area contributed by atoms with E-state index in [0.717, 1.165) is 11.6 Å². The molecule has 0 aliphatic rings. The SMILES string of the molecule is O=C(O)c1cc(F)ccc1CSc1nc2ccccc2o1. The van der Waals surface area contributed by atoms with E-state index in [1.807, 2.05) is 24.3 Å². The molecule has 106 valence electrons. The molecule has 0 saturated heterocycles. The van der Waals surface area contributed by atoms with Crippen LogP contribution in [0.4, 0.5) is 4.39 Å². The zero-order valence-electron chi connectivity index (χ0n) is 10.7. The first kappa shape index (κ1) is 13.6. The topological polar surface area (TPSA) is 63.3 Å². The van der Waals surface area contributed by atoms with Crippen LogP contribution < -0.4 is 0 Å². The zero-order valence-corrected chi connectivity index (χ0v) is 11.6. The molecule has 0 spiro atoms. The average Bonchev–Trinajstić information content (AvgIpc) is 2.88. The second-order valence-corrected chi connectivity index (χ2v) is 5.27. The molecule has 0 unspecified atom stereocenters. The van der Waals surface area contributed by atoms with Crippen LogP contribution in [0.15, 0.2) is 52.1 Å². The minimum absolute atomic E-state index is 0.0430. The molecular formula is C15H10FNO3S. The normalized spacial score (nSPS) is 10.9. The standard InChI is InChI=1S/C15H10FNO3S/c16-10-6-5-9(11(7-10)14(18)19)8-21-15-17-12-3-1-2-4-13(12)20-15/h1-7H,8H2,(H,18,19). The van der Waals surface area contributed by atoms with E-state index in [2.05, 4.69) is 4.98 Å². The summed E-state index contributed by atoms with van der Waals surface area (Å²) in [5.41, 5.74) is 1.91. The van der Waals surface area contributed by atoms with Gasteiger partial charge in [0.15, 0.2) is 5.58 Å². The van der Waals surface area contributed by atoms with E-state index in [4.69, 9.17) is 9.52 Å². The van der Waals surface area contributed by atoms with Gasteiger partial charge in [0, 0.05) is 5.75 Å². The van der Waals surface area contributed by atoms with Crippen molar-refractivity contribution in [3.8, 4) is 0 Å². The van der Waals surface area contributed by atoms with Gasteiger partial charge in [-0.05, 0) is 29.8 Å². The number of aromatic carboxylic acids is 1. The monoisotopic (exact) mass is 303 g/mol. The lowest BCUT2D eigenvalue weighted by molar-refractivity contribution is 0.0695. The lowest BCUT2D eigenvalue weighted by Crippen LogP contribution is -2.02. The third-order valence-electron chi connectivity index (χ3n) is 2.93. The number of para-hydroxylation sites is 2. The van der Waals surface area contributed by atoms with E-state index in [0.29, 0.717) is 22.1 Å². The Balaban J connectivity index is 1.83. The number of thioether (sulfide) groups is 1. The molecule has 1 N–H and O–H groups in total. The van der Waals surface area contributed by atoms with Gasteiger partial charge in [0.1, 0.15) is 11.3 Å². The number of rotatable bonds is 4. The summed E-state index contributed by atoms with van der Waals surface area (Å²) in [7, 11) is 0. The van der Waals surface area contributed by atoms with E-state index in [1.54, 1.807) is 0 Å². The molecular weight excluding hydrogens is 293 g/mol. The van der Waals surface area contributed by atoms with Crippen LogP contribution in [-0.4, -0.2) is 16.1 Å². The Morgan fingerprint density at radius 2 is 2.10 bits per heavy atom. The summed E-state index contributed by atoms with van der Waals surface area (Å²) in [5.74, 6) is -1.37. The number of hydrogen-bond acceptors (Lipinski definition) is 4. The van der Waals surface area contributed by atoms with Crippen LogP contribution in [0.5, 0.6) is 0 Å². The first-order valence-corrected chi connectivity index (χ1v) is 7.12. The third kappa shape index (κ3) is 2.90. The van der Waals surface area contributed by atoms with E-state index >= 15 is 0 Å². The summed E-state index contributed by atoms with van der Waals surface area (Å²) < 4.78 is 18.7. The molecule has 0 saturated carbocycles. The molecule has 21 heavy (non-hydrogen) atoms. The molecule has 0 aliphatic heterocycles. The molecule has 2 aromatic carbocycles. The molecule has 0 atom stereocenters. The second-order valence-electron chi connectivity index (χ2n) is 4.34. The van der Waals surface area contributed by atoms with Gasteiger partial charge >= 0.3 is 5.97 Å². The highest BCUT2D eigenvalue weighted by Crippen LogP contribution is 2.27. The Morgan fingerprint density at radius 3 is 2.86 bits per heavy atom. The molecule has 4 nitrogen and oxygen atoms in total. The first-order chi connectivity index (χ1) is 10.1. The summed E-state index contributed by atoms with van der Waals surface area (Å²) >= 11 is 1.27. The smallest absolute Gasteiger partial charge is 0.336 e. The third-order valence-corrected chi connectivity index (χ3v) is 3.80. The summed E-state index contributed by atoms with van der Waals surface area (Å²) in [6.45, 7) is 0. The van der Waals surface area contributed by atoms with Gasteiger partial charge in [-0.3, -0.25) is 0 Å². The van der Waals surface area contributed by atoms with Crippen molar-refractivity contribution in [3.05, 3.63) is 59.4 Å². The maximum Gasteiger partial charge on any atom is 0.336 e. The number of oxazole rings is 1. The number of benzene rings is 2. The highest BCUT2D eigenvalue weighted by atomic mass is 32.2. The van der Waals surface area contributed by atoms with Crippen molar-refractivity contribution >= 4 is 28.8 Å².